The van der Waals surface area contributed by atoms with E-state index in [4.69, 9.17) is 9.31 Å². The van der Waals surface area contributed by atoms with Gasteiger partial charge in [-0.2, -0.15) is 0 Å². The van der Waals surface area contributed by atoms with Gasteiger partial charge >= 0.3 is 7.12 Å². The molecule has 114 valence electrons. The van der Waals surface area contributed by atoms with E-state index in [-0.39, 0.29) is 18.3 Å². The standard InChI is InChI=1S/C14H23BO2.C3H8/c1-7-9-11-12(10-8-2)15-16-13(3,4)14(5,6)17-15;1-3-2/h7-11H,1-6H3;3H2,1-2H3/b9-7-,10-8-,12-11+;. The lowest BCUT2D eigenvalue weighted by Crippen LogP contribution is -2.41. The summed E-state index contributed by atoms with van der Waals surface area (Å²) in [7, 11) is -0.285. The van der Waals surface area contributed by atoms with Crippen LogP contribution < -0.4 is 0 Å². The summed E-state index contributed by atoms with van der Waals surface area (Å²) in [5.41, 5.74) is 0.479. The van der Waals surface area contributed by atoms with Gasteiger partial charge in [0.1, 0.15) is 0 Å². The van der Waals surface area contributed by atoms with Crippen LogP contribution in [0.25, 0.3) is 0 Å². The van der Waals surface area contributed by atoms with E-state index in [1.54, 1.807) is 0 Å². The lowest BCUT2D eigenvalue weighted by Gasteiger charge is -2.32. The minimum Gasteiger partial charge on any atom is -0.399 e. The zero-order valence-electron chi connectivity index (χ0n) is 14.5. The van der Waals surface area contributed by atoms with Crippen molar-refractivity contribution in [3.05, 3.63) is 35.9 Å². The molecule has 3 heteroatoms. The first kappa shape index (κ1) is 19.2. The van der Waals surface area contributed by atoms with Crippen LogP contribution in [0.5, 0.6) is 0 Å². The third-order valence-electron chi connectivity index (χ3n) is 3.37. The second kappa shape index (κ2) is 8.48. The summed E-state index contributed by atoms with van der Waals surface area (Å²) < 4.78 is 12.0. The van der Waals surface area contributed by atoms with Crippen LogP contribution in [0.4, 0.5) is 0 Å². The van der Waals surface area contributed by atoms with Crippen LogP contribution in [-0.2, 0) is 9.31 Å². The fourth-order valence-electron chi connectivity index (χ4n) is 1.59. The van der Waals surface area contributed by atoms with Gasteiger partial charge in [0.15, 0.2) is 0 Å². The van der Waals surface area contributed by atoms with Gasteiger partial charge in [0.2, 0.25) is 0 Å². The Kier molecular flexibility index (Phi) is 8.15. The van der Waals surface area contributed by atoms with Gasteiger partial charge in [-0.15, -0.1) is 0 Å². The zero-order chi connectivity index (χ0) is 15.8. The number of hydrogen-bond acceptors (Lipinski definition) is 2. The van der Waals surface area contributed by atoms with Crippen molar-refractivity contribution in [3.8, 4) is 0 Å². The normalized spacial score (nSPS) is 21.4. The van der Waals surface area contributed by atoms with Crippen molar-refractivity contribution in [2.24, 2.45) is 0 Å². The Hall–Kier alpha value is -0.795. The molecule has 0 aromatic carbocycles. The highest BCUT2D eigenvalue weighted by molar-refractivity contribution is 6.55. The van der Waals surface area contributed by atoms with Crippen LogP contribution in [0.15, 0.2) is 35.9 Å². The van der Waals surface area contributed by atoms with Gasteiger partial charge in [-0.1, -0.05) is 50.6 Å². The molecule has 1 heterocycles. The van der Waals surface area contributed by atoms with E-state index in [1.807, 2.05) is 44.2 Å². The molecule has 0 N–H and O–H groups in total. The van der Waals surface area contributed by atoms with Gasteiger partial charge in [0.05, 0.1) is 11.2 Å². The zero-order valence-corrected chi connectivity index (χ0v) is 14.5. The average molecular weight is 278 g/mol. The molecule has 0 radical (unpaired) electrons. The van der Waals surface area contributed by atoms with Crippen LogP contribution in [0.3, 0.4) is 0 Å². The van der Waals surface area contributed by atoms with Crippen LogP contribution >= 0.6 is 0 Å². The predicted octanol–water partition coefficient (Wildman–Crippen LogP) is 5.11. The van der Waals surface area contributed by atoms with E-state index in [1.165, 1.54) is 6.42 Å². The van der Waals surface area contributed by atoms with Crippen molar-refractivity contribution in [1.29, 1.82) is 0 Å². The average Bonchev–Trinajstić information content (AvgIpc) is 2.55. The second-order valence-electron chi connectivity index (χ2n) is 5.99. The molecular formula is C17H31BO2. The third-order valence-corrected chi connectivity index (χ3v) is 3.37. The Balaban J connectivity index is 0.00000110. The maximum Gasteiger partial charge on any atom is 0.494 e. The number of allylic oxidation sites excluding steroid dienone is 6. The summed E-state index contributed by atoms with van der Waals surface area (Å²) in [6.45, 7) is 16.5. The topological polar surface area (TPSA) is 18.5 Å². The molecule has 1 rings (SSSR count). The highest BCUT2D eigenvalue weighted by atomic mass is 16.7. The predicted molar refractivity (Wildman–Crippen MR) is 89.8 cm³/mol. The molecule has 0 amide bonds. The second-order valence-corrected chi connectivity index (χ2v) is 5.99. The number of rotatable bonds is 3. The lowest BCUT2D eigenvalue weighted by molar-refractivity contribution is 0.00578. The van der Waals surface area contributed by atoms with Crippen molar-refractivity contribution >= 4 is 7.12 Å². The highest BCUT2D eigenvalue weighted by Gasteiger charge is 2.51. The van der Waals surface area contributed by atoms with E-state index < -0.39 is 0 Å². The SMILES string of the molecule is CCC.C\C=C/C=C(\C=C/C)B1OC(C)(C)C(C)(C)O1. The third kappa shape index (κ3) is 5.30. The minimum atomic E-state index is -0.285. The van der Waals surface area contributed by atoms with Gasteiger partial charge in [0, 0.05) is 0 Å². The Morgan fingerprint density at radius 3 is 1.75 bits per heavy atom. The van der Waals surface area contributed by atoms with Gasteiger partial charge in [-0.25, -0.2) is 0 Å². The molecule has 2 nitrogen and oxygen atoms in total. The van der Waals surface area contributed by atoms with Crippen molar-refractivity contribution in [3.63, 3.8) is 0 Å². The van der Waals surface area contributed by atoms with Crippen LogP contribution in [0.2, 0.25) is 0 Å². The largest absolute Gasteiger partial charge is 0.494 e. The van der Waals surface area contributed by atoms with Crippen molar-refractivity contribution in [2.45, 2.75) is 73.0 Å². The van der Waals surface area contributed by atoms with Crippen molar-refractivity contribution in [2.75, 3.05) is 0 Å². The van der Waals surface area contributed by atoms with Crippen molar-refractivity contribution < 1.29 is 9.31 Å². The summed E-state index contributed by atoms with van der Waals surface area (Å²) in [4.78, 5) is 0. The minimum absolute atomic E-state index is 0.283. The van der Waals surface area contributed by atoms with E-state index in [0.717, 1.165) is 5.47 Å². The highest BCUT2D eigenvalue weighted by Crippen LogP contribution is 2.38. The Morgan fingerprint density at radius 1 is 0.950 bits per heavy atom. The maximum absolute atomic E-state index is 6.00. The first-order valence-corrected chi connectivity index (χ1v) is 7.56. The molecule has 0 aromatic rings. The molecular weight excluding hydrogens is 247 g/mol. The van der Waals surface area contributed by atoms with Gasteiger partial charge < -0.3 is 9.31 Å². The molecule has 0 aromatic heterocycles. The van der Waals surface area contributed by atoms with Crippen molar-refractivity contribution in [1.82, 2.24) is 0 Å². The van der Waals surface area contributed by atoms with Crippen LogP contribution in [0.1, 0.15) is 61.8 Å². The quantitative estimate of drug-likeness (QED) is 0.527. The fraction of sp³-hybridized carbons (Fsp3) is 0.647. The smallest absolute Gasteiger partial charge is 0.399 e. The molecule has 0 spiro atoms. The molecule has 0 aliphatic carbocycles. The lowest BCUT2D eigenvalue weighted by atomic mass is 9.77. The summed E-state index contributed by atoms with van der Waals surface area (Å²) in [6, 6.07) is 0. The van der Waals surface area contributed by atoms with Gasteiger partial charge in [-0.05, 0) is 47.0 Å². The van der Waals surface area contributed by atoms with Gasteiger partial charge in [0.25, 0.3) is 0 Å². The molecule has 1 saturated heterocycles. The summed E-state index contributed by atoms with van der Waals surface area (Å²) in [6.07, 6.45) is 11.3. The van der Waals surface area contributed by atoms with E-state index in [0.29, 0.717) is 0 Å². The Morgan fingerprint density at radius 2 is 1.40 bits per heavy atom. The molecule has 0 saturated carbocycles. The molecule has 20 heavy (non-hydrogen) atoms. The molecule has 0 unspecified atom stereocenters. The Bertz CT molecular complexity index is 349. The molecule has 0 atom stereocenters. The molecule has 1 aliphatic rings. The maximum atomic E-state index is 6.00. The monoisotopic (exact) mass is 278 g/mol. The first-order valence-electron chi connectivity index (χ1n) is 7.56. The summed E-state index contributed by atoms with van der Waals surface area (Å²) in [5, 5.41) is 0. The fourth-order valence-corrected chi connectivity index (χ4v) is 1.59. The molecule has 1 fully saturated rings. The van der Waals surface area contributed by atoms with E-state index >= 15 is 0 Å². The van der Waals surface area contributed by atoms with Gasteiger partial charge in [-0.3, -0.25) is 0 Å². The molecule has 1 aliphatic heterocycles. The molecule has 0 bridgehead atoms. The van der Waals surface area contributed by atoms with Crippen LogP contribution in [-0.4, -0.2) is 18.3 Å². The van der Waals surface area contributed by atoms with E-state index in [9.17, 15) is 0 Å². The number of hydrogen-bond donors (Lipinski definition) is 0. The summed E-state index contributed by atoms with van der Waals surface area (Å²) in [5.74, 6) is 0. The van der Waals surface area contributed by atoms with E-state index in [2.05, 4.69) is 41.5 Å². The summed E-state index contributed by atoms with van der Waals surface area (Å²) >= 11 is 0. The first-order chi connectivity index (χ1) is 9.25. The Labute approximate surface area is 126 Å². The van der Waals surface area contributed by atoms with Crippen LogP contribution in [0, 0.1) is 0 Å².